The number of hydrogen-bond acceptors (Lipinski definition) is 8. The molecule has 9 nitrogen and oxygen atoms in total. The van der Waals surface area contributed by atoms with Gasteiger partial charge < -0.3 is 10.0 Å². The number of nitrogens with two attached hydrogens (primary N) is 1. The second kappa shape index (κ2) is 5.55. The van der Waals surface area contributed by atoms with Gasteiger partial charge in [0.15, 0.2) is 0 Å². The van der Waals surface area contributed by atoms with E-state index in [1.165, 1.54) is 0 Å². The lowest BCUT2D eigenvalue weighted by Crippen LogP contribution is -2.39. The molecule has 1 aliphatic rings. The normalized spacial score (nSPS) is 16.9. The van der Waals surface area contributed by atoms with Crippen molar-refractivity contribution >= 4 is 17.5 Å². The van der Waals surface area contributed by atoms with Gasteiger partial charge in [-0.1, -0.05) is 12.8 Å². The summed E-state index contributed by atoms with van der Waals surface area (Å²) >= 11 is 0. The van der Waals surface area contributed by atoms with Gasteiger partial charge in [-0.15, -0.1) is 0 Å². The molecule has 4 N–H and O–H groups in total. The molecule has 1 fully saturated rings. The van der Waals surface area contributed by atoms with Crippen molar-refractivity contribution < 1.29 is 10.0 Å². The molecule has 0 bridgehead atoms. The number of hydrazine groups is 1. The summed E-state index contributed by atoms with van der Waals surface area (Å²) < 4.78 is 0. The lowest BCUT2D eigenvalue weighted by Gasteiger charge is -2.29. The van der Waals surface area contributed by atoms with Crippen LogP contribution in [0.3, 0.4) is 0 Å². The molecule has 2 rings (SSSR count). The minimum Gasteiger partial charge on any atom is -0.388 e. The highest BCUT2D eigenvalue weighted by atomic mass is 16.6. The smallest absolute Gasteiger partial charge is 0.329 e. The quantitative estimate of drug-likeness (QED) is 0.402. The number of nitro groups is 1. The molecule has 0 aromatic carbocycles. The molecule has 0 radical (unpaired) electrons. The van der Waals surface area contributed by atoms with Crippen molar-refractivity contribution in [3.05, 3.63) is 16.3 Å². The predicted molar refractivity (Wildman–Crippen MR) is 73.2 cm³/mol. The van der Waals surface area contributed by atoms with Crippen molar-refractivity contribution in [3.8, 4) is 0 Å². The Hall–Kier alpha value is -2.00. The van der Waals surface area contributed by atoms with Crippen LogP contribution in [-0.2, 0) is 0 Å². The van der Waals surface area contributed by atoms with Crippen LogP contribution >= 0.6 is 0 Å². The Morgan fingerprint density at radius 1 is 1.60 bits per heavy atom. The third-order valence-corrected chi connectivity index (χ3v) is 3.50. The SMILES string of the molecule is CN(CC1(O)CCCC1)c1nc(NN)ncc1[N+](=O)[O-]. The molecule has 0 spiro atoms. The number of rotatable bonds is 5. The lowest BCUT2D eigenvalue weighted by atomic mass is 10.0. The van der Waals surface area contributed by atoms with E-state index in [0.717, 1.165) is 19.0 Å². The summed E-state index contributed by atoms with van der Waals surface area (Å²) in [5, 5.41) is 21.4. The maximum Gasteiger partial charge on any atom is 0.329 e. The highest BCUT2D eigenvalue weighted by molar-refractivity contribution is 5.58. The minimum absolute atomic E-state index is 0.0934. The van der Waals surface area contributed by atoms with Crippen molar-refractivity contribution in [2.45, 2.75) is 31.3 Å². The summed E-state index contributed by atoms with van der Waals surface area (Å²) in [6.45, 7) is 0.287. The van der Waals surface area contributed by atoms with Crippen LogP contribution in [0.2, 0.25) is 0 Å². The maximum absolute atomic E-state index is 11.0. The zero-order valence-corrected chi connectivity index (χ0v) is 11.2. The van der Waals surface area contributed by atoms with Crippen molar-refractivity contribution in [3.63, 3.8) is 0 Å². The first-order valence-corrected chi connectivity index (χ1v) is 6.37. The average Bonchev–Trinajstić information content (AvgIpc) is 2.84. The van der Waals surface area contributed by atoms with Gasteiger partial charge in [0.2, 0.25) is 11.8 Å². The standard InChI is InChI=1S/C11H18N6O3/c1-16(7-11(18)4-2-3-5-11)9-8(17(19)20)6-13-10(14-9)15-12/h6,18H,2-5,7,12H2,1H3,(H,13,14,15). The maximum atomic E-state index is 11.0. The van der Waals surface area contributed by atoms with Crippen molar-refractivity contribution in [1.82, 2.24) is 9.97 Å². The monoisotopic (exact) mass is 282 g/mol. The summed E-state index contributed by atoms with van der Waals surface area (Å²) in [5.41, 5.74) is 1.23. The Morgan fingerprint density at radius 3 is 2.80 bits per heavy atom. The molecular weight excluding hydrogens is 264 g/mol. The van der Waals surface area contributed by atoms with E-state index in [-0.39, 0.29) is 24.0 Å². The zero-order chi connectivity index (χ0) is 14.8. The van der Waals surface area contributed by atoms with Crippen LogP contribution in [0.1, 0.15) is 25.7 Å². The largest absolute Gasteiger partial charge is 0.388 e. The van der Waals surface area contributed by atoms with Gasteiger partial charge in [0.25, 0.3) is 0 Å². The number of anilines is 2. The van der Waals surface area contributed by atoms with Crippen LogP contribution in [0.25, 0.3) is 0 Å². The van der Waals surface area contributed by atoms with E-state index < -0.39 is 10.5 Å². The van der Waals surface area contributed by atoms with E-state index in [2.05, 4.69) is 15.4 Å². The number of aliphatic hydroxyl groups is 1. The summed E-state index contributed by atoms with van der Waals surface area (Å²) in [4.78, 5) is 19.8. The molecule has 9 heteroatoms. The molecule has 20 heavy (non-hydrogen) atoms. The van der Waals surface area contributed by atoms with E-state index in [9.17, 15) is 15.2 Å². The summed E-state index contributed by atoms with van der Waals surface area (Å²) in [6, 6.07) is 0. The number of aromatic nitrogens is 2. The fourth-order valence-electron chi connectivity index (χ4n) is 2.55. The van der Waals surface area contributed by atoms with Gasteiger partial charge in [-0.2, -0.15) is 4.98 Å². The molecule has 1 heterocycles. The highest BCUT2D eigenvalue weighted by Gasteiger charge is 2.34. The van der Waals surface area contributed by atoms with Gasteiger partial charge in [0, 0.05) is 13.6 Å². The topological polar surface area (TPSA) is 130 Å². The third-order valence-electron chi connectivity index (χ3n) is 3.50. The molecular formula is C11H18N6O3. The third kappa shape index (κ3) is 2.94. The molecule has 110 valence electrons. The average molecular weight is 282 g/mol. The fourth-order valence-corrected chi connectivity index (χ4v) is 2.55. The molecule has 0 atom stereocenters. The number of likely N-dealkylation sites (N-methyl/N-ethyl adjacent to an activating group) is 1. The Balaban J connectivity index is 2.27. The fraction of sp³-hybridized carbons (Fsp3) is 0.636. The minimum atomic E-state index is -0.816. The summed E-state index contributed by atoms with van der Waals surface area (Å²) in [5.74, 6) is 5.45. The molecule has 0 unspecified atom stereocenters. The number of hydrogen-bond donors (Lipinski definition) is 3. The summed E-state index contributed by atoms with van der Waals surface area (Å²) in [6.07, 6.45) is 4.42. The Bertz CT molecular complexity index is 503. The van der Waals surface area contributed by atoms with E-state index in [1.807, 2.05) is 0 Å². The Kier molecular flexibility index (Phi) is 4.00. The number of nitrogen functional groups attached to an aromatic ring is 1. The van der Waals surface area contributed by atoms with E-state index >= 15 is 0 Å². The van der Waals surface area contributed by atoms with Crippen LogP contribution in [0.4, 0.5) is 17.5 Å². The van der Waals surface area contributed by atoms with Crippen molar-refractivity contribution in [1.29, 1.82) is 0 Å². The van der Waals surface area contributed by atoms with Crippen LogP contribution < -0.4 is 16.2 Å². The summed E-state index contributed by atoms with van der Waals surface area (Å²) in [7, 11) is 1.66. The first kappa shape index (κ1) is 14.4. The molecule has 1 aromatic heterocycles. The van der Waals surface area contributed by atoms with E-state index in [0.29, 0.717) is 12.8 Å². The van der Waals surface area contributed by atoms with Crippen LogP contribution in [-0.4, -0.2) is 39.2 Å². The van der Waals surface area contributed by atoms with Gasteiger partial charge in [-0.05, 0) is 12.8 Å². The molecule has 1 saturated carbocycles. The number of nitrogens with one attached hydrogen (secondary N) is 1. The molecule has 1 aromatic rings. The zero-order valence-electron chi connectivity index (χ0n) is 11.2. The van der Waals surface area contributed by atoms with Crippen molar-refractivity contribution in [2.75, 3.05) is 23.9 Å². The van der Waals surface area contributed by atoms with Crippen LogP contribution in [0.5, 0.6) is 0 Å². The van der Waals surface area contributed by atoms with E-state index in [4.69, 9.17) is 5.84 Å². The first-order chi connectivity index (χ1) is 9.45. The van der Waals surface area contributed by atoms with Crippen LogP contribution in [0.15, 0.2) is 6.20 Å². The predicted octanol–water partition coefficient (Wildman–Crippen LogP) is 0.412. The van der Waals surface area contributed by atoms with E-state index in [1.54, 1.807) is 11.9 Å². The number of nitrogens with zero attached hydrogens (tertiary/aromatic N) is 4. The van der Waals surface area contributed by atoms with Crippen LogP contribution in [0, 0.1) is 10.1 Å². The molecule has 1 aliphatic carbocycles. The molecule has 0 amide bonds. The lowest BCUT2D eigenvalue weighted by molar-refractivity contribution is -0.384. The van der Waals surface area contributed by atoms with Gasteiger partial charge in [0.1, 0.15) is 6.20 Å². The van der Waals surface area contributed by atoms with Gasteiger partial charge in [-0.25, -0.2) is 10.8 Å². The highest BCUT2D eigenvalue weighted by Crippen LogP contribution is 2.33. The Labute approximate surface area is 115 Å². The first-order valence-electron chi connectivity index (χ1n) is 6.37. The van der Waals surface area contributed by atoms with Gasteiger partial charge >= 0.3 is 5.69 Å². The van der Waals surface area contributed by atoms with Gasteiger partial charge in [-0.3, -0.25) is 15.5 Å². The van der Waals surface area contributed by atoms with Gasteiger partial charge in [0.05, 0.1) is 10.5 Å². The molecule has 0 aliphatic heterocycles. The Morgan fingerprint density at radius 2 is 2.25 bits per heavy atom. The second-order valence-electron chi connectivity index (χ2n) is 5.09. The second-order valence-corrected chi connectivity index (χ2v) is 5.09. The van der Waals surface area contributed by atoms with Crippen molar-refractivity contribution in [2.24, 2.45) is 5.84 Å². The molecule has 0 saturated heterocycles.